The molecule has 11 nitrogen and oxygen atoms in total. The second-order valence-electron chi connectivity index (χ2n) is 6.45. The first-order chi connectivity index (χ1) is 14.1. The predicted octanol–water partition coefficient (Wildman–Crippen LogP) is 1.19. The molecule has 1 aliphatic heterocycles. The van der Waals surface area contributed by atoms with Gasteiger partial charge < -0.3 is 10.1 Å². The highest BCUT2D eigenvalue weighted by atomic mass is 16.6. The van der Waals surface area contributed by atoms with Gasteiger partial charge in [0.25, 0.3) is 5.91 Å². The number of ether oxygens (including phenoxy) is 1. The fourth-order valence-corrected chi connectivity index (χ4v) is 2.94. The van der Waals surface area contributed by atoms with Crippen molar-refractivity contribution < 1.29 is 14.5 Å². The van der Waals surface area contributed by atoms with E-state index in [-0.39, 0.29) is 17.3 Å². The predicted molar refractivity (Wildman–Crippen MR) is 107 cm³/mol. The van der Waals surface area contributed by atoms with Crippen LogP contribution in [0, 0.1) is 17.0 Å². The third kappa shape index (κ3) is 5.36. The van der Waals surface area contributed by atoms with Gasteiger partial charge in [0.15, 0.2) is 0 Å². The van der Waals surface area contributed by atoms with Gasteiger partial charge in [0, 0.05) is 31.7 Å². The van der Waals surface area contributed by atoms with Crippen LogP contribution in [0.5, 0.6) is 0 Å². The zero-order chi connectivity index (χ0) is 20.6. The number of amides is 1. The normalized spacial score (nSPS) is 14.2. The Morgan fingerprint density at radius 1 is 1.24 bits per heavy atom. The SMILES string of the molecule is Cc1ccccc1C(=O)NNc1ncnc(NCCN2CCOCC2)c1[N+](=O)[O-]. The van der Waals surface area contributed by atoms with Crippen LogP contribution < -0.4 is 16.2 Å². The van der Waals surface area contributed by atoms with Gasteiger partial charge in [0.05, 0.1) is 18.1 Å². The Bertz CT molecular complexity index is 871. The van der Waals surface area contributed by atoms with Gasteiger partial charge in [-0.1, -0.05) is 18.2 Å². The van der Waals surface area contributed by atoms with Crippen LogP contribution in [-0.2, 0) is 4.74 Å². The van der Waals surface area contributed by atoms with Crippen LogP contribution in [0.25, 0.3) is 0 Å². The molecule has 0 spiro atoms. The van der Waals surface area contributed by atoms with Crippen molar-refractivity contribution in [2.75, 3.05) is 50.1 Å². The highest BCUT2D eigenvalue weighted by Crippen LogP contribution is 2.28. The van der Waals surface area contributed by atoms with Gasteiger partial charge in [-0.3, -0.25) is 30.7 Å². The molecule has 0 aliphatic carbocycles. The lowest BCUT2D eigenvalue weighted by atomic mass is 10.1. The van der Waals surface area contributed by atoms with Gasteiger partial charge in [-0.05, 0) is 18.6 Å². The summed E-state index contributed by atoms with van der Waals surface area (Å²) in [5.74, 6) is -0.426. The van der Waals surface area contributed by atoms with Crippen molar-refractivity contribution in [1.29, 1.82) is 0 Å². The summed E-state index contributed by atoms with van der Waals surface area (Å²) in [6.45, 7) is 6.00. The van der Waals surface area contributed by atoms with Crippen molar-refractivity contribution in [1.82, 2.24) is 20.3 Å². The first-order valence-corrected chi connectivity index (χ1v) is 9.21. The number of hydrogen-bond donors (Lipinski definition) is 3. The largest absolute Gasteiger partial charge is 0.379 e. The van der Waals surface area contributed by atoms with Gasteiger partial charge >= 0.3 is 5.69 Å². The van der Waals surface area contributed by atoms with Crippen LogP contribution in [-0.4, -0.2) is 65.1 Å². The average Bonchev–Trinajstić information content (AvgIpc) is 2.73. The molecule has 2 heterocycles. The summed E-state index contributed by atoms with van der Waals surface area (Å²) in [5, 5.41) is 14.6. The second-order valence-corrected chi connectivity index (χ2v) is 6.45. The number of morpholine rings is 1. The number of carbonyl (C=O) groups excluding carboxylic acids is 1. The van der Waals surface area contributed by atoms with E-state index >= 15 is 0 Å². The summed E-state index contributed by atoms with van der Waals surface area (Å²) in [7, 11) is 0. The Morgan fingerprint density at radius 3 is 2.69 bits per heavy atom. The number of nitrogens with one attached hydrogen (secondary N) is 3. The molecule has 1 aromatic heterocycles. The van der Waals surface area contributed by atoms with Gasteiger partial charge in [0.2, 0.25) is 11.6 Å². The summed E-state index contributed by atoms with van der Waals surface area (Å²) < 4.78 is 5.30. The standard InChI is InChI=1S/C18H23N7O4/c1-13-4-2-3-5-14(13)18(26)23-22-17-15(25(27)28)16(20-12-21-17)19-6-7-24-8-10-29-11-9-24/h2-5,12H,6-11H2,1H3,(H,23,26)(H2,19,20,21,22). The molecule has 0 unspecified atom stereocenters. The lowest BCUT2D eigenvalue weighted by molar-refractivity contribution is -0.383. The first kappa shape index (κ1) is 20.4. The molecule has 3 N–H and O–H groups in total. The van der Waals surface area contributed by atoms with E-state index < -0.39 is 10.8 Å². The van der Waals surface area contributed by atoms with Crippen LogP contribution in [0.1, 0.15) is 15.9 Å². The van der Waals surface area contributed by atoms with Gasteiger partial charge in [-0.2, -0.15) is 0 Å². The topological polar surface area (TPSA) is 135 Å². The van der Waals surface area contributed by atoms with Gasteiger partial charge in [0.1, 0.15) is 6.33 Å². The van der Waals surface area contributed by atoms with Crippen molar-refractivity contribution in [2.24, 2.45) is 0 Å². The molecule has 11 heteroatoms. The average molecular weight is 401 g/mol. The number of anilines is 2. The Hall–Kier alpha value is -3.31. The summed E-state index contributed by atoms with van der Waals surface area (Å²) in [5.41, 5.74) is 5.91. The lowest BCUT2D eigenvalue weighted by Gasteiger charge is -2.26. The van der Waals surface area contributed by atoms with Crippen LogP contribution in [0.4, 0.5) is 17.3 Å². The molecule has 3 rings (SSSR count). The zero-order valence-electron chi connectivity index (χ0n) is 16.1. The van der Waals surface area contributed by atoms with Crippen LogP contribution >= 0.6 is 0 Å². The molecule has 1 amide bonds. The van der Waals surface area contributed by atoms with E-state index in [2.05, 4.69) is 31.0 Å². The quantitative estimate of drug-likeness (QED) is 0.440. The summed E-state index contributed by atoms with van der Waals surface area (Å²) >= 11 is 0. The summed E-state index contributed by atoms with van der Waals surface area (Å²) in [6.07, 6.45) is 1.20. The minimum Gasteiger partial charge on any atom is -0.379 e. The molecule has 1 aromatic carbocycles. The van der Waals surface area contributed by atoms with Gasteiger partial charge in [-0.25, -0.2) is 9.97 Å². The van der Waals surface area contributed by atoms with Crippen LogP contribution in [0.2, 0.25) is 0 Å². The van der Waals surface area contributed by atoms with E-state index in [1.54, 1.807) is 25.1 Å². The van der Waals surface area contributed by atoms with E-state index in [1.165, 1.54) is 6.33 Å². The minimum absolute atomic E-state index is 0.0888. The number of nitro groups is 1. The van der Waals surface area contributed by atoms with E-state index in [4.69, 9.17) is 4.74 Å². The molecule has 154 valence electrons. The Morgan fingerprint density at radius 2 is 1.97 bits per heavy atom. The third-order valence-electron chi connectivity index (χ3n) is 4.51. The minimum atomic E-state index is -0.584. The number of hydrogen-bond acceptors (Lipinski definition) is 9. The molecule has 0 radical (unpaired) electrons. The fourth-order valence-electron chi connectivity index (χ4n) is 2.94. The van der Waals surface area contributed by atoms with Gasteiger partial charge in [-0.15, -0.1) is 0 Å². The van der Waals surface area contributed by atoms with E-state index in [1.807, 2.05) is 6.07 Å². The highest BCUT2D eigenvalue weighted by molar-refractivity contribution is 5.96. The van der Waals surface area contributed by atoms with E-state index in [0.717, 1.165) is 18.7 Å². The van der Waals surface area contributed by atoms with Crippen molar-refractivity contribution in [2.45, 2.75) is 6.92 Å². The van der Waals surface area contributed by atoms with Crippen molar-refractivity contribution in [3.8, 4) is 0 Å². The molecule has 0 atom stereocenters. The first-order valence-electron chi connectivity index (χ1n) is 9.21. The van der Waals surface area contributed by atoms with Crippen molar-refractivity contribution in [3.63, 3.8) is 0 Å². The smallest absolute Gasteiger partial charge is 0.354 e. The molecule has 1 aliphatic rings. The van der Waals surface area contributed by atoms with Crippen LogP contribution in [0.3, 0.4) is 0 Å². The molecule has 2 aromatic rings. The highest BCUT2D eigenvalue weighted by Gasteiger charge is 2.23. The molecule has 0 bridgehead atoms. The lowest BCUT2D eigenvalue weighted by Crippen LogP contribution is -2.39. The number of hydrazine groups is 1. The second kappa shape index (κ2) is 9.75. The van der Waals surface area contributed by atoms with E-state index in [0.29, 0.717) is 31.9 Å². The molecule has 0 saturated carbocycles. The molecule has 1 fully saturated rings. The Labute approximate surface area is 167 Å². The molecule has 1 saturated heterocycles. The molecular weight excluding hydrogens is 378 g/mol. The maximum absolute atomic E-state index is 12.3. The Balaban J connectivity index is 1.65. The maximum Gasteiger partial charge on any atom is 0.354 e. The maximum atomic E-state index is 12.3. The summed E-state index contributed by atoms with van der Waals surface area (Å²) in [6, 6.07) is 7.03. The Kier molecular flexibility index (Phi) is 6.87. The fraction of sp³-hybridized carbons (Fsp3) is 0.389. The molecule has 29 heavy (non-hydrogen) atoms. The van der Waals surface area contributed by atoms with E-state index in [9.17, 15) is 14.9 Å². The third-order valence-corrected chi connectivity index (χ3v) is 4.51. The number of carbonyl (C=O) groups is 1. The number of nitrogens with zero attached hydrogens (tertiary/aromatic N) is 4. The molecular formula is C18H23N7O4. The monoisotopic (exact) mass is 401 g/mol. The van der Waals surface area contributed by atoms with Crippen LogP contribution in [0.15, 0.2) is 30.6 Å². The zero-order valence-corrected chi connectivity index (χ0v) is 16.1. The number of rotatable bonds is 8. The number of aromatic nitrogens is 2. The summed E-state index contributed by atoms with van der Waals surface area (Å²) in [4.78, 5) is 33.4. The number of aryl methyl sites for hydroxylation is 1. The number of benzene rings is 1. The van der Waals surface area contributed by atoms with Crippen molar-refractivity contribution in [3.05, 3.63) is 51.8 Å². The van der Waals surface area contributed by atoms with Crippen molar-refractivity contribution >= 4 is 23.2 Å².